The van der Waals surface area contributed by atoms with E-state index in [0.29, 0.717) is 37.4 Å². The van der Waals surface area contributed by atoms with Crippen LogP contribution in [0.2, 0.25) is 0 Å². The van der Waals surface area contributed by atoms with Gasteiger partial charge in [0, 0.05) is 12.1 Å². The van der Waals surface area contributed by atoms with Crippen molar-refractivity contribution in [2.45, 2.75) is 25.4 Å². The summed E-state index contributed by atoms with van der Waals surface area (Å²) in [6.45, 7) is 3.26. The van der Waals surface area contributed by atoms with E-state index in [1.807, 2.05) is 13.0 Å². The SMILES string of the molecule is Cc1ccc(C(=O)N2CC[C@@](O)(CO)C2)cc1OCCCN. The van der Waals surface area contributed by atoms with Crippen molar-refractivity contribution in [1.29, 1.82) is 0 Å². The molecule has 0 saturated carbocycles. The molecule has 1 aliphatic heterocycles. The molecule has 22 heavy (non-hydrogen) atoms. The molecule has 2 rings (SSSR count). The number of amides is 1. The van der Waals surface area contributed by atoms with Gasteiger partial charge in [0.2, 0.25) is 0 Å². The molecule has 0 bridgehead atoms. The Bertz CT molecular complexity index is 535. The fourth-order valence-electron chi connectivity index (χ4n) is 2.50. The van der Waals surface area contributed by atoms with Crippen LogP contribution in [0.25, 0.3) is 0 Å². The molecule has 1 saturated heterocycles. The first-order valence-corrected chi connectivity index (χ1v) is 7.55. The maximum atomic E-state index is 12.5. The molecule has 6 nitrogen and oxygen atoms in total. The zero-order valence-corrected chi connectivity index (χ0v) is 12.9. The maximum absolute atomic E-state index is 12.5. The topological polar surface area (TPSA) is 96.0 Å². The quantitative estimate of drug-likeness (QED) is 0.657. The molecule has 1 amide bonds. The molecule has 4 N–H and O–H groups in total. The highest BCUT2D eigenvalue weighted by Crippen LogP contribution is 2.25. The number of aliphatic hydroxyl groups excluding tert-OH is 1. The Morgan fingerprint density at radius 2 is 2.27 bits per heavy atom. The van der Waals surface area contributed by atoms with Gasteiger partial charge in [0.15, 0.2) is 0 Å². The van der Waals surface area contributed by atoms with Gasteiger partial charge in [0.1, 0.15) is 11.4 Å². The largest absolute Gasteiger partial charge is 0.493 e. The van der Waals surface area contributed by atoms with Crippen LogP contribution < -0.4 is 10.5 Å². The number of aryl methyl sites for hydroxylation is 1. The minimum atomic E-state index is -1.18. The Labute approximate surface area is 130 Å². The summed E-state index contributed by atoms with van der Waals surface area (Å²) in [6.07, 6.45) is 1.15. The number of carbonyl (C=O) groups is 1. The molecule has 1 aliphatic rings. The molecule has 122 valence electrons. The van der Waals surface area contributed by atoms with Crippen LogP contribution in [0.1, 0.15) is 28.8 Å². The first-order valence-electron chi connectivity index (χ1n) is 7.55. The molecule has 6 heteroatoms. The van der Waals surface area contributed by atoms with E-state index < -0.39 is 5.60 Å². The van der Waals surface area contributed by atoms with Crippen molar-refractivity contribution in [1.82, 2.24) is 4.90 Å². The third kappa shape index (κ3) is 3.76. The summed E-state index contributed by atoms with van der Waals surface area (Å²) in [7, 11) is 0. The van der Waals surface area contributed by atoms with Gasteiger partial charge in [-0.3, -0.25) is 4.79 Å². The molecule has 0 spiro atoms. The van der Waals surface area contributed by atoms with E-state index in [0.717, 1.165) is 12.0 Å². The monoisotopic (exact) mass is 308 g/mol. The standard InChI is InChI=1S/C16H24N2O4/c1-12-3-4-13(9-14(12)22-8-2-6-17)15(20)18-7-5-16(21,10-18)11-19/h3-4,9,19,21H,2,5-8,10-11,17H2,1H3/t16-/m0/s1. The number of hydrogen-bond acceptors (Lipinski definition) is 5. The zero-order chi connectivity index (χ0) is 16.2. The lowest BCUT2D eigenvalue weighted by Crippen LogP contribution is -2.38. The number of aliphatic hydroxyl groups is 2. The number of hydrogen-bond donors (Lipinski definition) is 3. The van der Waals surface area contributed by atoms with E-state index in [1.165, 1.54) is 0 Å². The lowest BCUT2D eigenvalue weighted by molar-refractivity contribution is -0.00455. The highest BCUT2D eigenvalue weighted by molar-refractivity contribution is 5.95. The third-order valence-corrected chi connectivity index (χ3v) is 3.95. The summed E-state index contributed by atoms with van der Waals surface area (Å²) in [4.78, 5) is 14.1. The maximum Gasteiger partial charge on any atom is 0.254 e. The first kappa shape index (κ1) is 16.7. The second kappa shape index (κ2) is 7.09. The Hall–Kier alpha value is -1.63. The summed E-state index contributed by atoms with van der Waals surface area (Å²) >= 11 is 0. The van der Waals surface area contributed by atoms with Crippen molar-refractivity contribution in [3.8, 4) is 5.75 Å². The van der Waals surface area contributed by atoms with Crippen molar-refractivity contribution in [3.05, 3.63) is 29.3 Å². The van der Waals surface area contributed by atoms with Gasteiger partial charge in [-0.2, -0.15) is 0 Å². The van der Waals surface area contributed by atoms with Crippen molar-refractivity contribution in [3.63, 3.8) is 0 Å². The normalized spacial score (nSPS) is 21.2. The second-order valence-corrected chi connectivity index (χ2v) is 5.83. The molecule has 0 aromatic heterocycles. The predicted molar refractivity (Wildman–Crippen MR) is 82.9 cm³/mol. The molecular weight excluding hydrogens is 284 g/mol. The van der Waals surface area contributed by atoms with Crippen molar-refractivity contribution >= 4 is 5.91 Å². The number of likely N-dealkylation sites (tertiary alicyclic amines) is 1. The minimum Gasteiger partial charge on any atom is -0.493 e. The van der Waals surface area contributed by atoms with Crippen molar-refractivity contribution in [2.75, 3.05) is 32.8 Å². The minimum absolute atomic E-state index is 0.152. The smallest absolute Gasteiger partial charge is 0.254 e. The predicted octanol–water partition coefficient (Wildman–Crippen LogP) is 0.292. The Balaban J connectivity index is 2.08. The van der Waals surface area contributed by atoms with Gasteiger partial charge in [0.05, 0.1) is 19.8 Å². The van der Waals surface area contributed by atoms with E-state index in [2.05, 4.69) is 0 Å². The van der Waals surface area contributed by atoms with Gasteiger partial charge in [-0.1, -0.05) is 6.07 Å². The molecular formula is C16H24N2O4. The highest BCUT2D eigenvalue weighted by atomic mass is 16.5. The van der Waals surface area contributed by atoms with Crippen LogP contribution in [-0.2, 0) is 0 Å². The van der Waals surface area contributed by atoms with Crippen LogP contribution in [0.4, 0.5) is 0 Å². The van der Waals surface area contributed by atoms with Gasteiger partial charge >= 0.3 is 0 Å². The Morgan fingerprint density at radius 1 is 1.50 bits per heavy atom. The molecule has 1 atom stereocenters. The van der Waals surface area contributed by atoms with E-state index in [-0.39, 0.29) is 19.1 Å². The molecule has 1 aromatic rings. The number of β-amino-alcohol motifs (C(OH)–C–C–N with tert-alkyl or cyclic N) is 1. The second-order valence-electron chi connectivity index (χ2n) is 5.83. The fraction of sp³-hybridized carbons (Fsp3) is 0.562. The zero-order valence-electron chi connectivity index (χ0n) is 12.9. The average Bonchev–Trinajstić information content (AvgIpc) is 2.92. The highest BCUT2D eigenvalue weighted by Gasteiger charge is 2.37. The van der Waals surface area contributed by atoms with Crippen LogP contribution >= 0.6 is 0 Å². The number of nitrogens with two attached hydrogens (primary N) is 1. The van der Waals surface area contributed by atoms with E-state index in [4.69, 9.17) is 10.5 Å². The van der Waals surface area contributed by atoms with Crippen molar-refractivity contribution < 1.29 is 19.7 Å². The van der Waals surface area contributed by atoms with Crippen LogP contribution in [-0.4, -0.2) is 59.5 Å². The van der Waals surface area contributed by atoms with Gasteiger partial charge in [-0.25, -0.2) is 0 Å². The summed E-state index contributed by atoms with van der Waals surface area (Å²) < 4.78 is 5.65. The van der Waals surface area contributed by atoms with Gasteiger partial charge in [0.25, 0.3) is 5.91 Å². The summed E-state index contributed by atoms with van der Waals surface area (Å²) in [5.41, 5.74) is 5.75. The number of rotatable bonds is 6. The summed E-state index contributed by atoms with van der Waals surface area (Å²) in [5, 5.41) is 19.2. The molecule has 1 fully saturated rings. The molecule has 0 unspecified atom stereocenters. The van der Waals surface area contributed by atoms with Crippen LogP contribution in [0.5, 0.6) is 5.75 Å². The van der Waals surface area contributed by atoms with Gasteiger partial charge < -0.3 is 25.6 Å². The number of carbonyl (C=O) groups excluding carboxylic acids is 1. The fourth-order valence-corrected chi connectivity index (χ4v) is 2.50. The number of ether oxygens (including phenoxy) is 1. The van der Waals surface area contributed by atoms with Crippen LogP contribution in [0, 0.1) is 6.92 Å². The van der Waals surface area contributed by atoms with E-state index in [1.54, 1.807) is 17.0 Å². The van der Waals surface area contributed by atoms with E-state index in [9.17, 15) is 15.0 Å². The van der Waals surface area contributed by atoms with Crippen molar-refractivity contribution in [2.24, 2.45) is 5.73 Å². The molecule has 1 heterocycles. The number of benzene rings is 1. The van der Waals surface area contributed by atoms with E-state index >= 15 is 0 Å². The first-order chi connectivity index (χ1) is 10.5. The summed E-state index contributed by atoms with van der Waals surface area (Å²) in [6, 6.07) is 5.33. The lowest BCUT2D eigenvalue weighted by atomic mass is 10.1. The van der Waals surface area contributed by atoms with Crippen LogP contribution in [0.15, 0.2) is 18.2 Å². The Kier molecular flexibility index (Phi) is 5.39. The van der Waals surface area contributed by atoms with Gasteiger partial charge in [-0.15, -0.1) is 0 Å². The molecule has 1 aromatic carbocycles. The number of nitrogens with zero attached hydrogens (tertiary/aromatic N) is 1. The summed E-state index contributed by atoms with van der Waals surface area (Å²) in [5.74, 6) is 0.518. The molecule has 0 aliphatic carbocycles. The molecule has 0 radical (unpaired) electrons. The lowest BCUT2D eigenvalue weighted by Gasteiger charge is -2.21. The van der Waals surface area contributed by atoms with Gasteiger partial charge in [-0.05, 0) is 44.0 Å². The Morgan fingerprint density at radius 3 is 2.91 bits per heavy atom. The average molecular weight is 308 g/mol. The third-order valence-electron chi connectivity index (χ3n) is 3.95. The van der Waals surface area contributed by atoms with Crippen LogP contribution in [0.3, 0.4) is 0 Å².